The van der Waals surface area contributed by atoms with Gasteiger partial charge in [0.1, 0.15) is 7.11 Å². The smallest absolute Gasteiger partial charge is 0.106 e. The van der Waals surface area contributed by atoms with Crippen LogP contribution in [0.25, 0.3) is 0 Å². The van der Waals surface area contributed by atoms with Crippen LogP contribution >= 0.6 is 0 Å². The first-order valence-electron chi connectivity index (χ1n) is 2.09. The third-order valence-electron chi connectivity index (χ3n) is 0.401. The maximum absolute atomic E-state index is 5.25. The Kier molecular flexibility index (Phi) is 3.32. The molecule has 0 saturated heterocycles. The summed E-state index contributed by atoms with van der Waals surface area (Å²) in [4.78, 5) is 4.34. The van der Waals surface area contributed by atoms with Gasteiger partial charge in [-0.3, -0.25) is 0 Å². The van der Waals surface area contributed by atoms with E-state index in [1.165, 1.54) is 13.3 Å². The molecular weight excluding hydrogens is 92.1 g/mol. The Labute approximate surface area is 43.1 Å². The van der Waals surface area contributed by atoms with Gasteiger partial charge >= 0.3 is 0 Å². The molecule has 2 N–H and O–H groups in total. The lowest BCUT2D eigenvalue weighted by Gasteiger charge is -1.89. The van der Waals surface area contributed by atoms with Gasteiger partial charge in [-0.1, -0.05) is 5.16 Å². The van der Waals surface area contributed by atoms with Crippen LogP contribution in [0.3, 0.4) is 0 Å². The third kappa shape index (κ3) is 5.43. The van der Waals surface area contributed by atoms with E-state index < -0.39 is 0 Å². The summed E-state index contributed by atoms with van der Waals surface area (Å²) in [5, 5.41) is 3.42. The van der Waals surface area contributed by atoms with Crippen molar-refractivity contribution in [3.8, 4) is 0 Å². The molecule has 7 heavy (non-hydrogen) atoms. The van der Waals surface area contributed by atoms with E-state index in [4.69, 9.17) is 5.73 Å². The fourth-order valence-electron chi connectivity index (χ4n) is 0.157. The third-order valence-corrected chi connectivity index (χ3v) is 0.401. The Balaban J connectivity index is 3.08. The summed E-state index contributed by atoms with van der Waals surface area (Å²) in [6.07, 6.45) is 1.53. The van der Waals surface area contributed by atoms with Gasteiger partial charge in [-0.25, -0.2) is 0 Å². The average Bonchev–Trinajstić information content (AvgIpc) is 1.61. The first kappa shape index (κ1) is 6.43. The highest BCUT2D eigenvalue weighted by Crippen LogP contribution is 1.67. The molecule has 1 unspecified atom stereocenters. The second-order valence-electron chi connectivity index (χ2n) is 1.30. The largest absolute Gasteiger partial charge is 0.399 e. The highest BCUT2D eigenvalue weighted by molar-refractivity contribution is 5.62. The molecule has 42 valence electrons. The molecule has 0 aromatic carbocycles. The van der Waals surface area contributed by atoms with E-state index >= 15 is 0 Å². The van der Waals surface area contributed by atoms with Gasteiger partial charge in [0.2, 0.25) is 0 Å². The lowest BCUT2D eigenvalue weighted by molar-refractivity contribution is 0.214. The Morgan fingerprint density at radius 1 is 1.86 bits per heavy atom. The Morgan fingerprint density at radius 3 is 2.57 bits per heavy atom. The van der Waals surface area contributed by atoms with E-state index in [0.717, 1.165) is 0 Å². The predicted molar refractivity (Wildman–Crippen MR) is 29.2 cm³/mol. The highest BCUT2D eigenvalue weighted by Gasteiger charge is 1.80. The Morgan fingerprint density at radius 2 is 2.43 bits per heavy atom. The number of oxime groups is 1. The van der Waals surface area contributed by atoms with Crippen LogP contribution in [0.1, 0.15) is 6.92 Å². The van der Waals surface area contributed by atoms with Crippen molar-refractivity contribution in [2.45, 2.75) is 13.0 Å². The van der Waals surface area contributed by atoms with Gasteiger partial charge in [-0.15, -0.1) is 0 Å². The van der Waals surface area contributed by atoms with E-state index in [2.05, 4.69) is 9.99 Å². The lowest BCUT2D eigenvalue weighted by atomic mass is 10.4. The molecule has 0 fully saturated rings. The first-order valence-corrected chi connectivity index (χ1v) is 2.09. The van der Waals surface area contributed by atoms with Gasteiger partial charge in [-0.05, 0) is 6.92 Å². The fraction of sp³-hybridized carbons (Fsp3) is 0.750. The summed E-state index contributed by atoms with van der Waals surface area (Å²) in [6, 6.07) is -0.0139. The van der Waals surface area contributed by atoms with Crippen LogP contribution in [-0.2, 0) is 4.84 Å². The van der Waals surface area contributed by atoms with Crippen molar-refractivity contribution in [3.05, 3.63) is 0 Å². The standard InChI is InChI=1S/C4H10N2O/c1-4(5)3-6-7-2/h3-4H,5H2,1-2H3/b6-3+. The summed E-state index contributed by atoms with van der Waals surface area (Å²) >= 11 is 0. The topological polar surface area (TPSA) is 47.6 Å². The van der Waals surface area contributed by atoms with E-state index in [1.54, 1.807) is 0 Å². The van der Waals surface area contributed by atoms with Gasteiger partial charge in [0.05, 0.1) is 6.21 Å². The number of hydrogen-bond acceptors (Lipinski definition) is 3. The quantitative estimate of drug-likeness (QED) is 0.393. The minimum absolute atomic E-state index is 0.0139. The first-order chi connectivity index (χ1) is 3.27. The molecule has 0 spiro atoms. The zero-order chi connectivity index (χ0) is 5.70. The minimum Gasteiger partial charge on any atom is -0.399 e. The number of hydrogen-bond donors (Lipinski definition) is 1. The van der Waals surface area contributed by atoms with E-state index in [9.17, 15) is 0 Å². The molecule has 0 heterocycles. The monoisotopic (exact) mass is 102 g/mol. The van der Waals surface area contributed by atoms with Crippen LogP contribution in [0.2, 0.25) is 0 Å². The molecule has 0 radical (unpaired) electrons. The zero-order valence-corrected chi connectivity index (χ0v) is 4.59. The molecule has 0 aromatic rings. The molecule has 1 atom stereocenters. The number of nitrogens with zero attached hydrogens (tertiary/aromatic N) is 1. The second-order valence-corrected chi connectivity index (χ2v) is 1.30. The average molecular weight is 102 g/mol. The van der Waals surface area contributed by atoms with E-state index in [-0.39, 0.29) is 6.04 Å². The van der Waals surface area contributed by atoms with Crippen molar-refractivity contribution < 1.29 is 4.84 Å². The van der Waals surface area contributed by atoms with Crippen LogP contribution in [0.15, 0.2) is 5.16 Å². The van der Waals surface area contributed by atoms with Crippen LogP contribution < -0.4 is 5.73 Å². The fourth-order valence-corrected chi connectivity index (χ4v) is 0.157. The summed E-state index contributed by atoms with van der Waals surface area (Å²) in [6.45, 7) is 1.82. The van der Waals surface area contributed by atoms with E-state index in [1.807, 2.05) is 6.92 Å². The summed E-state index contributed by atoms with van der Waals surface area (Å²) < 4.78 is 0. The van der Waals surface area contributed by atoms with Crippen LogP contribution in [0.4, 0.5) is 0 Å². The molecule has 0 saturated carbocycles. The number of rotatable bonds is 2. The Bertz CT molecular complexity index is 60.7. The van der Waals surface area contributed by atoms with Gasteiger partial charge in [0, 0.05) is 6.04 Å². The highest BCUT2D eigenvalue weighted by atomic mass is 16.6. The molecule has 0 aliphatic heterocycles. The van der Waals surface area contributed by atoms with Crippen LogP contribution in [0.5, 0.6) is 0 Å². The van der Waals surface area contributed by atoms with Gasteiger partial charge in [0.15, 0.2) is 0 Å². The number of nitrogens with two attached hydrogens (primary N) is 1. The molecule has 0 bridgehead atoms. The Hall–Kier alpha value is -0.570. The van der Waals surface area contributed by atoms with Crippen molar-refractivity contribution in [2.24, 2.45) is 10.9 Å². The second kappa shape index (κ2) is 3.61. The molecule has 0 aromatic heterocycles. The molecule has 0 aliphatic rings. The van der Waals surface area contributed by atoms with Crippen molar-refractivity contribution >= 4 is 6.21 Å². The molecule has 0 aliphatic carbocycles. The zero-order valence-electron chi connectivity index (χ0n) is 4.59. The molecule has 0 rings (SSSR count). The van der Waals surface area contributed by atoms with Crippen LogP contribution in [0, 0.1) is 0 Å². The molecule has 3 heteroatoms. The van der Waals surface area contributed by atoms with Gasteiger partial charge in [-0.2, -0.15) is 0 Å². The van der Waals surface area contributed by atoms with Crippen LogP contribution in [-0.4, -0.2) is 19.4 Å². The molecule has 0 amide bonds. The van der Waals surface area contributed by atoms with E-state index in [0.29, 0.717) is 0 Å². The van der Waals surface area contributed by atoms with Crippen molar-refractivity contribution in [3.63, 3.8) is 0 Å². The molecular formula is C4H10N2O. The summed E-state index contributed by atoms with van der Waals surface area (Å²) in [7, 11) is 1.48. The maximum Gasteiger partial charge on any atom is 0.106 e. The van der Waals surface area contributed by atoms with Gasteiger partial charge in [0.25, 0.3) is 0 Å². The lowest BCUT2D eigenvalue weighted by Crippen LogP contribution is -2.15. The van der Waals surface area contributed by atoms with Crippen molar-refractivity contribution in [1.29, 1.82) is 0 Å². The van der Waals surface area contributed by atoms with Gasteiger partial charge < -0.3 is 10.6 Å². The summed E-state index contributed by atoms with van der Waals surface area (Å²) in [5.74, 6) is 0. The van der Waals surface area contributed by atoms with Crippen molar-refractivity contribution in [2.75, 3.05) is 7.11 Å². The summed E-state index contributed by atoms with van der Waals surface area (Å²) in [5.41, 5.74) is 5.25. The minimum atomic E-state index is -0.0139. The SMILES string of the molecule is CO/N=C/C(C)N. The van der Waals surface area contributed by atoms with Crippen molar-refractivity contribution in [1.82, 2.24) is 0 Å². The molecule has 3 nitrogen and oxygen atoms in total. The normalized spacial score (nSPS) is 14.7. The maximum atomic E-state index is 5.25. The predicted octanol–water partition coefficient (Wildman–Crippen LogP) is -0.0342.